The van der Waals surface area contributed by atoms with Gasteiger partial charge in [-0.3, -0.25) is 9.78 Å². The molecule has 0 aliphatic rings. The maximum atomic E-state index is 10.9. The molecule has 0 spiro atoms. The van der Waals surface area contributed by atoms with Gasteiger partial charge in [-0.15, -0.1) is 0 Å². The van der Waals surface area contributed by atoms with Gasteiger partial charge in [-0.25, -0.2) is 9.97 Å². The summed E-state index contributed by atoms with van der Waals surface area (Å²) in [6.07, 6.45) is 3.40. The van der Waals surface area contributed by atoms with Crippen LogP contribution in [0.4, 0.5) is 0 Å². The van der Waals surface area contributed by atoms with E-state index in [1.807, 2.05) is 18.2 Å². The lowest BCUT2D eigenvalue weighted by molar-refractivity contribution is -0.114. The van der Waals surface area contributed by atoms with Gasteiger partial charge in [0.05, 0.1) is 17.1 Å². The van der Waals surface area contributed by atoms with Gasteiger partial charge in [0.2, 0.25) is 0 Å². The zero-order valence-electron chi connectivity index (χ0n) is 9.33. The molecule has 0 fully saturated rings. The molecule has 0 bridgehead atoms. The maximum absolute atomic E-state index is 10.9. The molecule has 0 atom stereocenters. The molecule has 4 nitrogen and oxygen atoms in total. The summed E-state index contributed by atoms with van der Waals surface area (Å²) >= 11 is 1.34. The molecule has 86 valence electrons. The van der Waals surface area contributed by atoms with Gasteiger partial charge < -0.3 is 0 Å². The Hall–Kier alpha value is -1.75. The first-order valence-electron chi connectivity index (χ1n) is 5.12. The Balaban J connectivity index is 2.20. The van der Waals surface area contributed by atoms with Gasteiger partial charge in [-0.1, -0.05) is 17.8 Å². The molecule has 0 aromatic carbocycles. The number of hydrogen-bond acceptors (Lipinski definition) is 5. The second kappa shape index (κ2) is 5.54. The number of thioether (sulfide) groups is 1. The van der Waals surface area contributed by atoms with Crippen molar-refractivity contribution < 1.29 is 4.79 Å². The number of aromatic nitrogens is 3. The fourth-order valence-corrected chi connectivity index (χ4v) is 1.86. The average molecular weight is 245 g/mol. The molecule has 0 unspecified atom stereocenters. The van der Waals surface area contributed by atoms with Crippen molar-refractivity contribution in [2.45, 2.75) is 12.1 Å². The quantitative estimate of drug-likeness (QED) is 0.610. The third kappa shape index (κ3) is 3.35. The van der Waals surface area contributed by atoms with Crippen LogP contribution in [0.1, 0.15) is 6.92 Å². The fraction of sp³-hybridized carbons (Fsp3) is 0.167. The monoisotopic (exact) mass is 245 g/mol. The molecule has 5 heteroatoms. The molecule has 2 aromatic heterocycles. The Kier molecular flexibility index (Phi) is 3.82. The molecule has 0 aliphatic carbocycles. The second-order valence-corrected chi connectivity index (χ2v) is 4.37. The fourth-order valence-electron chi connectivity index (χ4n) is 1.23. The zero-order chi connectivity index (χ0) is 12.1. The molecule has 0 amide bonds. The van der Waals surface area contributed by atoms with Crippen LogP contribution < -0.4 is 0 Å². The Morgan fingerprint density at radius 2 is 2.06 bits per heavy atom. The van der Waals surface area contributed by atoms with Gasteiger partial charge in [0.15, 0.2) is 5.16 Å². The molecule has 0 radical (unpaired) electrons. The molecule has 0 saturated heterocycles. The van der Waals surface area contributed by atoms with Crippen molar-refractivity contribution in [3.05, 3.63) is 36.7 Å². The van der Waals surface area contributed by atoms with Gasteiger partial charge in [0.1, 0.15) is 5.78 Å². The predicted octanol–water partition coefficient (Wildman–Crippen LogP) is 2.22. The van der Waals surface area contributed by atoms with Gasteiger partial charge in [0.25, 0.3) is 0 Å². The Labute approximate surface area is 104 Å². The summed E-state index contributed by atoms with van der Waals surface area (Å²) in [4.78, 5) is 23.6. The summed E-state index contributed by atoms with van der Waals surface area (Å²) < 4.78 is 0. The average Bonchev–Trinajstić information content (AvgIpc) is 2.38. The number of carbonyl (C=O) groups is 1. The van der Waals surface area contributed by atoms with Gasteiger partial charge in [-0.05, 0) is 25.1 Å². The van der Waals surface area contributed by atoms with Gasteiger partial charge in [-0.2, -0.15) is 0 Å². The molecule has 2 heterocycles. The number of pyridine rings is 1. The molecule has 0 aliphatic heterocycles. The molecule has 2 rings (SSSR count). The Bertz CT molecular complexity index is 516. The normalized spacial score (nSPS) is 10.2. The number of nitrogens with zero attached hydrogens (tertiary/aromatic N) is 3. The van der Waals surface area contributed by atoms with E-state index in [-0.39, 0.29) is 5.78 Å². The van der Waals surface area contributed by atoms with E-state index in [9.17, 15) is 4.79 Å². The van der Waals surface area contributed by atoms with Crippen molar-refractivity contribution in [1.82, 2.24) is 15.0 Å². The number of carbonyl (C=O) groups excluding carboxylic acids is 1. The maximum Gasteiger partial charge on any atom is 0.188 e. The van der Waals surface area contributed by atoms with Crippen molar-refractivity contribution in [1.29, 1.82) is 0 Å². The highest BCUT2D eigenvalue weighted by atomic mass is 32.2. The van der Waals surface area contributed by atoms with Gasteiger partial charge >= 0.3 is 0 Å². The second-order valence-electron chi connectivity index (χ2n) is 3.43. The van der Waals surface area contributed by atoms with E-state index < -0.39 is 0 Å². The first-order chi connectivity index (χ1) is 8.25. The summed E-state index contributed by atoms with van der Waals surface area (Å²) in [5.41, 5.74) is 1.58. The number of rotatable bonds is 4. The molecule has 0 N–H and O–H groups in total. The van der Waals surface area contributed by atoms with Crippen LogP contribution in [0.2, 0.25) is 0 Å². The highest BCUT2D eigenvalue weighted by Gasteiger charge is 2.04. The number of ketones is 1. The lowest BCUT2D eigenvalue weighted by Gasteiger charge is -2.01. The third-order valence-corrected chi connectivity index (χ3v) is 2.97. The van der Waals surface area contributed by atoms with E-state index in [0.29, 0.717) is 10.9 Å². The minimum Gasteiger partial charge on any atom is -0.299 e. The summed E-state index contributed by atoms with van der Waals surface area (Å²) in [7, 11) is 0. The highest BCUT2D eigenvalue weighted by molar-refractivity contribution is 7.99. The zero-order valence-corrected chi connectivity index (χ0v) is 10.1. The van der Waals surface area contributed by atoms with Gasteiger partial charge in [0, 0.05) is 12.4 Å². The minimum absolute atomic E-state index is 0.113. The molecular formula is C12H11N3OS. The van der Waals surface area contributed by atoms with Crippen molar-refractivity contribution >= 4 is 17.5 Å². The largest absolute Gasteiger partial charge is 0.299 e. The first kappa shape index (κ1) is 11.7. The van der Waals surface area contributed by atoms with Crippen LogP contribution in [0.15, 0.2) is 41.8 Å². The standard InChI is InChI=1S/C12H11N3OS/c1-9(16)8-17-12-14-7-5-11(15-12)10-4-2-3-6-13-10/h2-7H,8H2,1H3. The lowest BCUT2D eigenvalue weighted by atomic mass is 10.3. The predicted molar refractivity (Wildman–Crippen MR) is 66.7 cm³/mol. The van der Waals surface area contributed by atoms with Crippen molar-refractivity contribution in [3.63, 3.8) is 0 Å². The number of hydrogen-bond donors (Lipinski definition) is 0. The lowest BCUT2D eigenvalue weighted by Crippen LogP contribution is -1.96. The van der Waals surface area contributed by atoms with Crippen LogP contribution >= 0.6 is 11.8 Å². The van der Waals surface area contributed by atoms with Crippen molar-refractivity contribution in [2.75, 3.05) is 5.75 Å². The summed E-state index contributed by atoms with van der Waals surface area (Å²) in [6, 6.07) is 7.46. The van der Waals surface area contributed by atoms with E-state index in [1.165, 1.54) is 11.8 Å². The van der Waals surface area contributed by atoms with Crippen LogP contribution in [0, 0.1) is 0 Å². The topological polar surface area (TPSA) is 55.7 Å². The Morgan fingerprint density at radius 1 is 1.18 bits per heavy atom. The van der Waals surface area contributed by atoms with E-state index in [2.05, 4.69) is 15.0 Å². The van der Waals surface area contributed by atoms with Crippen LogP contribution in [0.3, 0.4) is 0 Å². The molecule has 0 saturated carbocycles. The third-order valence-electron chi connectivity index (χ3n) is 1.97. The van der Waals surface area contributed by atoms with Crippen LogP contribution in [-0.2, 0) is 4.79 Å². The summed E-state index contributed by atoms with van der Waals surface area (Å²) in [6.45, 7) is 1.55. The van der Waals surface area contributed by atoms with Crippen LogP contribution in [-0.4, -0.2) is 26.5 Å². The molecular weight excluding hydrogens is 234 g/mol. The van der Waals surface area contributed by atoms with Crippen LogP contribution in [0.25, 0.3) is 11.4 Å². The van der Waals surface area contributed by atoms with E-state index >= 15 is 0 Å². The highest BCUT2D eigenvalue weighted by Crippen LogP contribution is 2.17. The minimum atomic E-state index is 0.113. The van der Waals surface area contributed by atoms with E-state index in [0.717, 1.165) is 11.4 Å². The SMILES string of the molecule is CC(=O)CSc1nccc(-c2ccccn2)n1. The van der Waals surface area contributed by atoms with Crippen molar-refractivity contribution in [2.24, 2.45) is 0 Å². The Morgan fingerprint density at radius 3 is 2.76 bits per heavy atom. The first-order valence-corrected chi connectivity index (χ1v) is 6.11. The van der Waals surface area contributed by atoms with E-state index in [1.54, 1.807) is 25.4 Å². The molecule has 2 aromatic rings. The smallest absolute Gasteiger partial charge is 0.188 e. The summed E-state index contributed by atoms with van der Waals surface area (Å²) in [5, 5.41) is 0.600. The summed E-state index contributed by atoms with van der Waals surface area (Å²) in [5.74, 6) is 0.507. The number of Topliss-reactive ketones (excluding diaryl/α,β-unsaturated/α-hetero) is 1. The van der Waals surface area contributed by atoms with Crippen LogP contribution in [0.5, 0.6) is 0 Å². The molecule has 17 heavy (non-hydrogen) atoms. The van der Waals surface area contributed by atoms with Crippen molar-refractivity contribution in [3.8, 4) is 11.4 Å². The van der Waals surface area contributed by atoms with E-state index in [4.69, 9.17) is 0 Å².